The Morgan fingerprint density at radius 2 is 1.82 bits per heavy atom. The van der Waals surface area contributed by atoms with Crippen LogP contribution in [0, 0.1) is 0 Å². The van der Waals surface area contributed by atoms with Crippen molar-refractivity contribution in [3.8, 4) is 5.75 Å². The molecule has 0 aliphatic carbocycles. The molecule has 0 bridgehead atoms. The van der Waals surface area contributed by atoms with Crippen molar-refractivity contribution in [3.63, 3.8) is 0 Å². The van der Waals surface area contributed by atoms with Gasteiger partial charge in [-0.1, -0.05) is 30.3 Å². The standard InChI is InChI=1S/C20H30N4O3S/c1-3-21-20(23-13-14-24-28(25,26)4-2)22-12-7-15-27-19-11-10-17-8-5-6-9-18(17)16-19/h5-6,8-11,16,24H,3-4,7,12-15H2,1-2H3,(H2,21,22,23). The van der Waals surface area contributed by atoms with Crippen LogP contribution in [0.1, 0.15) is 20.3 Å². The van der Waals surface area contributed by atoms with Gasteiger partial charge in [-0.05, 0) is 36.8 Å². The Morgan fingerprint density at radius 1 is 1.04 bits per heavy atom. The van der Waals surface area contributed by atoms with E-state index in [2.05, 4.69) is 38.5 Å². The van der Waals surface area contributed by atoms with Crippen LogP contribution in [-0.4, -0.2) is 52.9 Å². The van der Waals surface area contributed by atoms with Crippen LogP contribution in [0.15, 0.2) is 47.5 Å². The van der Waals surface area contributed by atoms with E-state index < -0.39 is 10.0 Å². The summed E-state index contributed by atoms with van der Waals surface area (Å²) in [6, 6.07) is 14.3. The number of aliphatic imine (C=N–C) groups is 1. The van der Waals surface area contributed by atoms with Crippen LogP contribution in [-0.2, 0) is 10.0 Å². The summed E-state index contributed by atoms with van der Waals surface area (Å²) >= 11 is 0. The van der Waals surface area contributed by atoms with E-state index in [1.165, 1.54) is 5.39 Å². The monoisotopic (exact) mass is 406 g/mol. The number of benzene rings is 2. The van der Waals surface area contributed by atoms with E-state index in [4.69, 9.17) is 4.74 Å². The maximum absolute atomic E-state index is 11.4. The Morgan fingerprint density at radius 3 is 2.57 bits per heavy atom. The third kappa shape index (κ3) is 7.74. The van der Waals surface area contributed by atoms with Crippen LogP contribution in [0.5, 0.6) is 5.75 Å². The number of sulfonamides is 1. The minimum Gasteiger partial charge on any atom is -0.494 e. The second kappa shape index (κ2) is 11.5. The van der Waals surface area contributed by atoms with Gasteiger partial charge in [0.25, 0.3) is 0 Å². The molecule has 0 atom stereocenters. The van der Waals surface area contributed by atoms with E-state index in [9.17, 15) is 8.42 Å². The number of hydrogen-bond acceptors (Lipinski definition) is 4. The molecule has 0 unspecified atom stereocenters. The second-order valence-corrected chi connectivity index (χ2v) is 8.29. The van der Waals surface area contributed by atoms with Gasteiger partial charge in [-0.25, -0.2) is 13.1 Å². The van der Waals surface area contributed by atoms with Gasteiger partial charge in [0.2, 0.25) is 10.0 Å². The lowest BCUT2D eigenvalue weighted by molar-refractivity contribution is 0.314. The minimum absolute atomic E-state index is 0.0817. The smallest absolute Gasteiger partial charge is 0.211 e. The highest BCUT2D eigenvalue weighted by molar-refractivity contribution is 7.89. The summed E-state index contributed by atoms with van der Waals surface area (Å²) in [6.07, 6.45) is 0.784. The molecule has 154 valence electrons. The van der Waals surface area contributed by atoms with Crippen LogP contribution in [0.4, 0.5) is 0 Å². The van der Waals surface area contributed by atoms with E-state index in [-0.39, 0.29) is 5.75 Å². The molecule has 0 aromatic heterocycles. The van der Waals surface area contributed by atoms with Crippen LogP contribution < -0.4 is 20.1 Å². The lowest BCUT2D eigenvalue weighted by atomic mass is 10.1. The first kappa shape index (κ1) is 22.0. The molecular weight excluding hydrogens is 376 g/mol. The molecule has 0 fully saturated rings. The summed E-state index contributed by atoms with van der Waals surface area (Å²) in [5.41, 5.74) is 0. The van der Waals surface area contributed by atoms with E-state index in [1.807, 2.05) is 31.2 Å². The number of hydrogen-bond donors (Lipinski definition) is 3. The molecule has 2 aromatic carbocycles. The summed E-state index contributed by atoms with van der Waals surface area (Å²) in [5, 5.41) is 8.62. The lowest BCUT2D eigenvalue weighted by Gasteiger charge is -2.12. The quantitative estimate of drug-likeness (QED) is 0.302. The van der Waals surface area contributed by atoms with Crippen molar-refractivity contribution in [2.45, 2.75) is 20.3 Å². The maximum Gasteiger partial charge on any atom is 0.211 e. The first-order valence-corrected chi connectivity index (χ1v) is 11.3. The second-order valence-electron chi connectivity index (χ2n) is 6.20. The summed E-state index contributed by atoms with van der Waals surface area (Å²) < 4.78 is 31.1. The van der Waals surface area contributed by atoms with Gasteiger partial charge in [-0.15, -0.1) is 0 Å². The van der Waals surface area contributed by atoms with Gasteiger partial charge in [-0.3, -0.25) is 4.99 Å². The molecule has 0 heterocycles. The highest BCUT2D eigenvalue weighted by Crippen LogP contribution is 2.20. The lowest BCUT2D eigenvalue weighted by Crippen LogP contribution is -2.41. The molecule has 0 saturated heterocycles. The van der Waals surface area contributed by atoms with Crippen LogP contribution >= 0.6 is 0 Å². The van der Waals surface area contributed by atoms with E-state index in [0.717, 1.165) is 24.1 Å². The number of nitrogens with one attached hydrogen (secondary N) is 3. The van der Waals surface area contributed by atoms with Crippen molar-refractivity contribution in [1.29, 1.82) is 0 Å². The van der Waals surface area contributed by atoms with Gasteiger partial charge in [0.15, 0.2) is 5.96 Å². The van der Waals surface area contributed by atoms with Crippen molar-refractivity contribution >= 4 is 26.8 Å². The van der Waals surface area contributed by atoms with E-state index in [1.54, 1.807) is 6.92 Å². The summed E-state index contributed by atoms with van der Waals surface area (Å²) in [7, 11) is -3.16. The largest absolute Gasteiger partial charge is 0.494 e. The SMILES string of the molecule is CCNC(=NCCCOc1ccc2ccccc2c1)NCCNS(=O)(=O)CC. The van der Waals surface area contributed by atoms with Crippen molar-refractivity contribution in [1.82, 2.24) is 15.4 Å². The average Bonchev–Trinajstić information content (AvgIpc) is 2.70. The van der Waals surface area contributed by atoms with Crippen molar-refractivity contribution in [3.05, 3.63) is 42.5 Å². The summed E-state index contributed by atoms with van der Waals surface area (Å²) in [6.45, 7) is 6.33. The zero-order valence-electron chi connectivity index (χ0n) is 16.6. The molecule has 2 aromatic rings. The topological polar surface area (TPSA) is 91.8 Å². The van der Waals surface area contributed by atoms with Crippen LogP contribution in [0.3, 0.4) is 0 Å². The highest BCUT2D eigenvalue weighted by Gasteiger charge is 2.05. The Balaban J connectivity index is 1.71. The van der Waals surface area contributed by atoms with Crippen molar-refractivity contribution in [2.75, 3.05) is 38.5 Å². The Bertz CT molecular complexity index is 869. The first-order chi connectivity index (χ1) is 13.5. The molecule has 0 radical (unpaired) electrons. The van der Waals surface area contributed by atoms with Gasteiger partial charge >= 0.3 is 0 Å². The third-order valence-corrected chi connectivity index (χ3v) is 5.43. The summed E-state index contributed by atoms with van der Waals surface area (Å²) in [5.74, 6) is 1.61. The van der Waals surface area contributed by atoms with E-state index in [0.29, 0.717) is 32.2 Å². The Kier molecular flexibility index (Phi) is 9.03. The molecular formula is C20H30N4O3S. The molecule has 0 saturated carbocycles. The first-order valence-electron chi connectivity index (χ1n) is 9.65. The third-order valence-electron chi connectivity index (χ3n) is 4.03. The Hall–Kier alpha value is -2.32. The number of fused-ring (bicyclic) bond motifs is 1. The molecule has 3 N–H and O–H groups in total. The molecule has 0 aliphatic heterocycles. The molecule has 2 rings (SSSR count). The molecule has 0 amide bonds. The van der Waals surface area contributed by atoms with Gasteiger partial charge in [0.05, 0.1) is 12.4 Å². The number of nitrogens with zero attached hydrogens (tertiary/aromatic N) is 1. The normalized spacial score (nSPS) is 12.1. The molecule has 0 spiro atoms. The Labute approximate surface area is 167 Å². The number of rotatable bonds is 11. The fraction of sp³-hybridized carbons (Fsp3) is 0.450. The van der Waals surface area contributed by atoms with Gasteiger partial charge in [0.1, 0.15) is 5.75 Å². The van der Waals surface area contributed by atoms with Gasteiger partial charge in [-0.2, -0.15) is 0 Å². The van der Waals surface area contributed by atoms with Gasteiger partial charge in [0, 0.05) is 32.6 Å². The highest BCUT2D eigenvalue weighted by atomic mass is 32.2. The van der Waals surface area contributed by atoms with Crippen LogP contribution in [0.25, 0.3) is 10.8 Å². The molecule has 7 nitrogen and oxygen atoms in total. The maximum atomic E-state index is 11.4. The van der Waals surface area contributed by atoms with E-state index >= 15 is 0 Å². The predicted molar refractivity (Wildman–Crippen MR) is 116 cm³/mol. The molecule has 8 heteroatoms. The number of ether oxygens (including phenoxy) is 1. The predicted octanol–water partition coefficient (Wildman–Crippen LogP) is 2.10. The zero-order chi connectivity index (χ0) is 20.2. The average molecular weight is 407 g/mol. The summed E-state index contributed by atoms with van der Waals surface area (Å²) in [4.78, 5) is 4.49. The zero-order valence-corrected chi connectivity index (χ0v) is 17.4. The van der Waals surface area contributed by atoms with Crippen molar-refractivity contribution < 1.29 is 13.2 Å². The molecule has 0 aliphatic rings. The van der Waals surface area contributed by atoms with Gasteiger partial charge < -0.3 is 15.4 Å². The van der Waals surface area contributed by atoms with Crippen molar-refractivity contribution in [2.24, 2.45) is 4.99 Å². The minimum atomic E-state index is -3.16. The van der Waals surface area contributed by atoms with Crippen LogP contribution in [0.2, 0.25) is 0 Å². The molecule has 28 heavy (non-hydrogen) atoms. The number of guanidine groups is 1. The fourth-order valence-electron chi connectivity index (χ4n) is 2.53. The fourth-order valence-corrected chi connectivity index (χ4v) is 3.15.